The first kappa shape index (κ1) is 10.8. The van der Waals surface area contributed by atoms with Gasteiger partial charge in [-0.15, -0.1) is 6.58 Å². The lowest BCUT2D eigenvalue weighted by molar-refractivity contribution is 0.674. The average molecular weight is 175 g/mol. The van der Waals surface area contributed by atoms with Crippen molar-refractivity contribution in [3.8, 4) is 0 Å². The molecule has 1 unspecified atom stereocenters. The summed E-state index contributed by atoms with van der Waals surface area (Å²) in [6, 6.07) is 0. The highest BCUT2D eigenvalue weighted by Gasteiger charge is 1.93. The highest BCUT2D eigenvalue weighted by atomic mass is 32.2. The van der Waals surface area contributed by atoms with Gasteiger partial charge in [0.25, 0.3) is 0 Å². The van der Waals surface area contributed by atoms with Crippen LogP contribution in [0.4, 0.5) is 0 Å². The van der Waals surface area contributed by atoms with Crippen LogP contribution in [-0.4, -0.2) is 28.8 Å². The number of rotatable bonds is 7. The van der Waals surface area contributed by atoms with Crippen molar-refractivity contribution in [1.82, 2.24) is 5.32 Å². The maximum Gasteiger partial charge on any atom is 0.0359 e. The Morgan fingerprint density at radius 1 is 1.55 bits per heavy atom. The lowest BCUT2D eigenvalue weighted by Gasteiger charge is -2.00. The van der Waals surface area contributed by atoms with Gasteiger partial charge in [-0.2, -0.15) is 0 Å². The van der Waals surface area contributed by atoms with Crippen LogP contribution in [0.2, 0.25) is 0 Å². The minimum absolute atomic E-state index is 0.621. The summed E-state index contributed by atoms with van der Waals surface area (Å²) < 4.78 is 10.9. The zero-order valence-corrected chi connectivity index (χ0v) is 7.95. The summed E-state index contributed by atoms with van der Waals surface area (Å²) in [5.74, 6) is 1.54. The molecule has 0 bridgehead atoms. The van der Waals surface area contributed by atoms with E-state index in [0.29, 0.717) is 0 Å². The molecular formula is C8H17NOS. The number of hydrogen-bond donors (Lipinski definition) is 1. The minimum Gasteiger partial charge on any atom is -0.316 e. The maximum atomic E-state index is 10.9. The van der Waals surface area contributed by atoms with E-state index in [4.69, 9.17) is 0 Å². The Kier molecular flexibility index (Phi) is 7.84. The van der Waals surface area contributed by atoms with E-state index >= 15 is 0 Å². The monoisotopic (exact) mass is 175 g/mol. The van der Waals surface area contributed by atoms with Crippen LogP contribution in [0.1, 0.15) is 13.3 Å². The summed E-state index contributed by atoms with van der Waals surface area (Å²) in [4.78, 5) is 0. The fourth-order valence-corrected chi connectivity index (χ4v) is 1.32. The van der Waals surface area contributed by atoms with Crippen LogP contribution in [0, 0.1) is 0 Å². The van der Waals surface area contributed by atoms with Gasteiger partial charge >= 0.3 is 0 Å². The van der Waals surface area contributed by atoms with Gasteiger partial charge in [0.2, 0.25) is 0 Å². The standard InChI is InChI=1S/C8H17NOS/c1-3-5-6-9-7-8-11(10)4-2/h3,9H,1,4-8H2,2H3. The van der Waals surface area contributed by atoms with Crippen molar-refractivity contribution in [3.05, 3.63) is 12.7 Å². The second-order valence-corrected chi connectivity index (χ2v) is 4.13. The second-order valence-electron chi connectivity index (χ2n) is 2.26. The van der Waals surface area contributed by atoms with Crippen LogP contribution < -0.4 is 5.32 Å². The molecule has 3 heteroatoms. The summed E-state index contributed by atoms with van der Waals surface area (Å²) in [6.45, 7) is 7.36. The van der Waals surface area contributed by atoms with E-state index < -0.39 is 10.8 Å². The zero-order chi connectivity index (χ0) is 8.53. The van der Waals surface area contributed by atoms with Gasteiger partial charge < -0.3 is 5.32 Å². The molecule has 1 atom stereocenters. The number of nitrogens with one attached hydrogen (secondary N) is 1. The molecular weight excluding hydrogens is 158 g/mol. The van der Waals surface area contributed by atoms with Crippen LogP contribution in [0.15, 0.2) is 12.7 Å². The van der Waals surface area contributed by atoms with Crippen molar-refractivity contribution in [3.63, 3.8) is 0 Å². The molecule has 0 spiro atoms. The second kappa shape index (κ2) is 7.95. The summed E-state index contributed by atoms with van der Waals surface area (Å²) in [5.41, 5.74) is 0. The highest BCUT2D eigenvalue weighted by molar-refractivity contribution is 7.84. The van der Waals surface area contributed by atoms with Gasteiger partial charge in [0, 0.05) is 28.9 Å². The minimum atomic E-state index is -0.621. The Hall–Kier alpha value is -0.150. The lowest BCUT2D eigenvalue weighted by Crippen LogP contribution is -2.21. The van der Waals surface area contributed by atoms with Crippen LogP contribution in [0.3, 0.4) is 0 Å². The van der Waals surface area contributed by atoms with Crippen molar-refractivity contribution in [2.24, 2.45) is 0 Å². The largest absolute Gasteiger partial charge is 0.316 e. The van der Waals surface area contributed by atoms with Gasteiger partial charge in [0.1, 0.15) is 0 Å². The molecule has 0 fully saturated rings. The molecule has 0 aliphatic heterocycles. The fourth-order valence-electron chi connectivity index (χ4n) is 0.659. The first-order valence-electron chi connectivity index (χ1n) is 3.97. The quantitative estimate of drug-likeness (QED) is 0.460. The molecule has 0 heterocycles. The molecule has 0 aliphatic carbocycles. The number of hydrogen-bond acceptors (Lipinski definition) is 2. The third kappa shape index (κ3) is 7.75. The Labute approximate surface area is 71.5 Å². The van der Waals surface area contributed by atoms with Crippen LogP contribution in [0.5, 0.6) is 0 Å². The molecule has 0 aromatic rings. The summed E-state index contributed by atoms with van der Waals surface area (Å²) in [6.07, 6.45) is 2.86. The molecule has 0 rings (SSSR count). The summed E-state index contributed by atoms with van der Waals surface area (Å²) in [7, 11) is -0.621. The van der Waals surface area contributed by atoms with Crippen molar-refractivity contribution in [2.75, 3.05) is 24.6 Å². The normalized spacial score (nSPS) is 12.8. The first-order chi connectivity index (χ1) is 5.31. The third-order valence-electron chi connectivity index (χ3n) is 1.35. The van der Waals surface area contributed by atoms with Crippen molar-refractivity contribution in [1.29, 1.82) is 0 Å². The van der Waals surface area contributed by atoms with Gasteiger partial charge in [0.15, 0.2) is 0 Å². The van der Waals surface area contributed by atoms with Crippen molar-refractivity contribution < 1.29 is 4.21 Å². The fraction of sp³-hybridized carbons (Fsp3) is 0.750. The van der Waals surface area contributed by atoms with E-state index in [1.807, 2.05) is 13.0 Å². The van der Waals surface area contributed by atoms with E-state index in [1.165, 1.54) is 0 Å². The average Bonchev–Trinajstić information content (AvgIpc) is 2.04. The molecule has 0 saturated heterocycles. The Bertz CT molecular complexity index is 125. The maximum absolute atomic E-state index is 10.9. The Morgan fingerprint density at radius 2 is 2.27 bits per heavy atom. The Balaban J connectivity index is 3.01. The van der Waals surface area contributed by atoms with Gasteiger partial charge in [0.05, 0.1) is 0 Å². The molecule has 0 saturated carbocycles. The molecule has 0 aliphatic rings. The van der Waals surface area contributed by atoms with Crippen molar-refractivity contribution >= 4 is 10.8 Å². The third-order valence-corrected chi connectivity index (χ3v) is 2.66. The molecule has 0 radical (unpaired) electrons. The molecule has 0 aromatic heterocycles. The Morgan fingerprint density at radius 3 is 2.82 bits per heavy atom. The van der Waals surface area contributed by atoms with Gasteiger partial charge in [-0.1, -0.05) is 13.0 Å². The van der Waals surface area contributed by atoms with E-state index in [0.717, 1.165) is 31.0 Å². The zero-order valence-electron chi connectivity index (χ0n) is 7.14. The summed E-state index contributed by atoms with van der Waals surface area (Å²) >= 11 is 0. The van der Waals surface area contributed by atoms with E-state index in [-0.39, 0.29) is 0 Å². The molecule has 11 heavy (non-hydrogen) atoms. The topological polar surface area (TPSA) is 29.1 Å². The smallest absolute Gasteiger partial charge is 0.0359 e. The van der Waals surface area contributed by atoms with Crippen LogP contribution in [0.25, 0.3) is 0 Å². The predicted octanol–water partition coefficient (Wildman–Crippen LogP) is 0.921. The molecule has 1 N–H and O–H groups in total. The van der Waals surface area contributed by atoms with E-state index in [9.17, 15) is 4.21 Å². The predicted molar refractivity (Wildman–Crippen MR) is 51.2 cm³/mol. The molecule has 2 nitrogen and oxygen atoms in total. The molecule has 0 amide bonds. The molecule has 0 aromatic carbocycles. The van der Waals surface area contributed by atoms with Crippen LogP contribution >= 0.6 is 0 Å². The van der Waals surface area contributed by atoms with Gasteiger partial charge in [-0.3, -0.25) is 4.21 Å². The highest BCUT2D eigenvalue weighted by Crippen LogP contribution is 1.80. The molecule has 66 valence electrons. The summed E-state index contributed by atoms with van der Waals surface area (Å²) in [5, 5.41) is 3.19. The van der Waals surface area contributed by atoms with Gasteiger partial charge in [-0.05, 0) is 13.0 Å². The lowest BCUT2D eigenvalue weighted by atomic mass is 10.4. The van der Waals surface area contributed by atoms with Crippen molar-refractivity contribution in [2.45, 2.75) is 13.3 Å². The first-order valence-corrected chi connectivity index (χ1v) is 5.46. The van der Waals surface area contributed by atoms with E-state index in [2.05, 4.69) is 11.9 Å². The van der Waals surface area contributed by atoms with Crippen LogP contribution in [-0.2, 0) is 10.8 Å². The van der Waals surface area contributed by atoms with E-state index in [1.54, 1.807) is 0 Å². The van der Waals surface area contributed by atoms with Gasteiger partial charge in [-0.25, -0.2) is 0 Å². The SMILES string of the molecule is C=CCCNCCS(=O)CC.